The summed E-state index contributed by atoms with van der Waals surface area (Å²) in [5, 5.41) is 1.95. The molecule has 35 heavy (non-hydrogen) atoms. The molecule has 4 rings (SSSR count). The van der Waals surface area contributed by atoms with Gasteiger partial charge in [-0.2, -0.15) is 14.0 Å². The Morgan fingerprint density at radius 3 is 2.23 bits per heavy atom. The molecule has 0 unspecified atom stereocenters. The van der Waals surface area contributed by atoms with Gasteiger partial charge in [0.25, 0.3) is 0 Å². The van der Waals surface area contributed by atoms with Crippen molar-refractivity contribution in [2.75, 3.05) is 20.8 Å². The van der Waals surface area contributed by atoms with Crippen LogP contribution in [0.15, 0.2) is 82.2 Å². The summed E-state index contributed by atoms with van der Waals surface area (Å²) in [4.78, 5) is 4.92. The van der Waals surface area contributed by atoms with Crippen LogP contribution in [0.5, 0.6) is 11.5 Å². The van der Waals surface area contributed by atoms with Crippen molar-refractivity contribution in [3.8, 4) is 22.8 Å². The van der Waals surface area contributed by atoms with Crippen molar-refractivity contribution in [2.45, 2.75) is 13.3 Å². The van der Waals surface area contributed by atoms with Gasteiger partial charge in [-0.1, -0.05) is 42.0 Å². The topological polar surface area (TPSA) is 133 Å². The summed E-state index contributed by atoms with van der Waals surface area (Å²) >= 11 is 0. The van der Waals surface area contributed by atoms with Crippen molar-refractivity contribution in [1.82, 2.24) is 0 Å². The van der Waals surface area contributed by atoms with Crippen LogP contribution in [0.2, 0.25) is 0 Å². The molecule has 0 bridgehead atoms. The van der Waals surface area contributed by atoms with Gasteiger partial charge in [0, 0.05) is 23.6 Å². The molecule has 0 aliphatic carbocycles. The third-order valence-corrected chi connectivity index (χ3v) is 5.09. The first-order chi connectivity index (χ1) is 16.7. The highest BCUT2D eigenvalue weighted by Crippen LogP contribution is 2.32. The maximum atomic E-state index is 8.60. The van der Waals surface area contributed by atoms with Crippen LogP contribution >= 0.6 is 0 Å². The van der Waals surface area contributed by atoms with Crippen molar-refractivity contribution in [1.29, 1.82) is 0 Å². The van der Waals surface area contributed by atoms with Crippen LogP contribution in [-0.2, 0) is 6.42 Å². The largest absolute Gasteiger partial charge is 0.493 e. The van der Waals surface area contributed by atoms with Crippen LogP contribution in [0.1, 0.15) is 11.1 Å². The molecule has 184 valence electrons. The number of ether oxygens (including phenoxy) is 2. The van der Waals surface area contributed by atoms with E-state index >= 15 is 0 Å². The highest BCUT2D eigenvalue weighted by Gasteiger charge is 2.10. The van der Waals surface area contributed by atoms with E-state index in [0.29, 0.717) is 18.0 Å². The zero-order valence-corrected chi connectivity index (χ0v) is 20.3. The fraction of sp³-hybridized carbons (Fsp3) is 0.192. The van der Waals surface area contributed by atoms with E-state index in [1.807, 2.05) is 36.4 Å². The molecule has 1 aromatic heterocycles. The average molecular weight is 500 g/mol. The molecule has 4 aromatic rings. The van der Waals surface area contributed by atoms with Gasteiger partial charge in [-0.15, -0.1) is 0 Å². The van der Waals surface area contributed by atoms with E-state index in [1.54, 1.807) is 14.2 Å². The van der Waals surface area contributed by atoms with E-state index in [1.165, 1.54) is 11.1 Å². The standard InChI is InChI=1S/C26H25NO3.ClHO4/c1-18-9-11-23-21(15-18)22(27-14-13-19-7-5-4-6-8-19)17-25(30-23)20-10-12-24(28-2)26(16-20)29-3;2-1(3,4)5/h4-12,15-17H,13-14H2,1-3H3;(H,2,3,4,5). The third-order valence-electron chi connectivity index (χ3n) is 5.09. The highest BCUT2D eigenvalue weighted by molar-refractivity contribution is 5.79. The van der Waals surface area contributed by atoms with Crippen LogP contribution in [0, 0.1) is 17.2 Å². The number of rotatable bonds is 6. The summed E-state index contributed by atoms with van der Waals surface area (Å²) in [6, 6.07) is 24.4. The van der Waals surface area contributed by atoms with Crippen molar-refractivity contribution in [3.05, 3.63) is 89.3 Å². The van der Waals surface area contributed by atoms with Gasteiger partial charge in [0.05, 0.1) is 34.5 Å². The normalized spacial score (nSPS) is 11.7. The molecule has 0 saturated carbocycles. The van der Waals surface area contributed by atoms with Gasteiger partial charge in [-0.3, -0.25) is 4.99 Å². The molecule has 9 heteroatoms. The van der Waals surface area contributed by atoms with Gasteiger partial charge in [0.15, 0.2) is 11.5 Å². The van der Waals surface area contributed by atoms with E-state index in [0.717, 1.165) is 34.1 Å². The second kappa shape index (κ2) is 11.8. The predicted molar refractivity (Wildman–Crippen MR) is 122 cm³/mol. The van der Waals surface area contributed by atoms with Crippen molar-refractivity contribution in [3.63, 3.8) is 0 Å². The Kier molecular flexibility index (Phi) is 8.86. The Labute approximate surface area is 205 Å². The third kappa shape index (κ3) is 7.81. The first kappa shape index (κ1) is 26.2. The van der Waals surface area contributed by atoms with Gasteiger partial charge < -0.3 is 13.9 Å². The molecule has 0 aliphatic heterocycles. The summed E-state index contributed by atoms with van der Waals surface area (Å²) in [7, 11) is -1.43. The zero-order valence-electron chi connectivity index (χ0n) is 19.6. The molecule has 8 nitrogen and oxygen atoms in total. The number of methoxy groups -OCH3 is 2. The van der Waals surface area contributed by atoms with E-state index in [-0.39, 0.29) is 0 Å². The van der Waals surface area contributed by atoms with Crippen LogP contribution in [0.4, 0.5) is 0 Å². The first-order valence-corrected chi connectivity index (χ1v) is 11.9. The van der Waals surface area contributed by atoms with Crippen LogP contribution in [0.25, 0.3) is 22.3 Å². The molecule has 0 atom stereocenters. The molecule has 0 fully saturated rings. The molecule has 0 amide bonds. The maximum Gasteiger partial charge on any atom is 0.161 e. The maximum absolute atomic E-state index is 8.60. The highest BCUT2D eigenvalue weighted by atomic mass is 35.7. The second-order valence-electron chi connectivity index (χ2n) is 7.58. The van der Waals surface area contributed by atoms with E-state index < -0.39 is 10.2 Å². The van der Waals surface area contributed by atoms with Gasteiger partial charge in [0.1, 0.15) is 11.3 Å². The predicted octanol–water partition coefficient (Wildman–Crippen LogP) is 1.44. The SMILES string of the molecule is COc1ccc(-c2cc(=NCCc3ccccc3)c3cc(C)ccc3o2)cc1OC.[O-][Cl+3]([O-])([O-])O. The van der Waals surface area contributed by atoms with E-state index in [9.17, 15) is 0 Å². The lowest BCUT2D eigenvalue weighted by atomic mass is 10.1. The van der Waals surface area contributed by atoms with Gasteiger partial charge >= 0.3 is 0 Å². The Morgan fingerprint density at radius 1 is 0.886 bits per heavy atom. The average Bonchev–Trinajstić information content (AvgIpc) is 2.83. The number of aryl methyl sites for hydroxylation is 1. The molecule has 1 N–H and O–H groups in total. The lowest BCUT2D eigenvalue weighted by Gasteiger charge is -2.10. The Bertz CT molecular complexity index is 1330. The Hall–Kier alpha value is -3.40. The summed E-state index contributed by atoms with van der Waals surface area (Å²) in [5.41, 5.74) is 4.18. The number of nitrogens with zero attached hydrogens (tertiary/aromatic N) is 1. The molecule has 0 saturated heterocycles. The lowest BCUT2D eigenvalue weighted by Crippen LogP contribution is -2.58. The quantitative estimate of drug-likeness (QED) is 0.424. The molecule has 1 heterocycles. The Morgan fingerprint density at radius 2 is 1.57 bits per heavy atom. The van der Waals surface area contributed by atoms with Gasteiger partial charge in [-0.05, 0) is 49.2 Å². The number of benzene rings is 3. The summed E-state index contributed by atoms with van der Waals surface area (Å²) in [5.74, 6) is 2.09. The van der Waals surface area contributed by atoms with Crippen molar-refractivity contribution < 1.29 is 42.8 Å². The summed E-state index contributed by atoms with van der Waals surface area (Å²) in [6.07, 6.45) is 0.895. The fourth-order valence-corrected chi connectivity index (χ4v) is 3.50. The van der Waals surface area contributed by atoms with Crippen LogP contribution < -0.4 is 28.8 Å². The summed E-state index contributed by atoms with van der Waals surface area (Å²) in [6.45, 7) is 2.79. The second-order valence-corrected chi connectivity index (χ2v) is 8.37. The Balaban J connectivity index is 0.000000623. The monoisotopic (exact) mass is 499 g/mol. The summed E-state index contributed by atoms with van der Waals surface area (Å²) < 4.78 is 49.8. The molecule has 3 aromatic carbocycles. The smallest absolute Gasteiger partial charge is 0.161 e. The van der Waals surface area contributed by atoms with E-state index in [4.69, 9.17) is 37.5 Å². The van der Waals surface area contributed by atoms with Gasteiger partial charge in [-0.25, -0.2) is 0 Å². The molecule has 0 spiro atoms. The minimum absolute atomic E-state index is 0.664. The van der Waals surface area contributed by atoms with Crippen molar-refractivity contribution >= 4 is 11.0 Å². The van der Waals surface area contributed by atoms with Crippen molar-refractivity contribution in [2.24, 2.45) is 4.99 Å². The number of hydrogen-bond acceptors (Lipinski definition) is 8. The molecular formula is C26H26ClNO7. The lowest BCUT2D eigenvalue weighted by molar-refractivity contribution is -1.92. The molecule has 0 radical (unpaired) electrons. The molecular weight excluding hydrogens is 474 g/mol. The fourth-order valence-electron chi connectivity index (χ4n) is 3.50. The first-order valence-electron chi connectivity index (χ1n) is 10.6. The van der Waals surface area contributed by atoms with Crippen LogP contribution in [0.3, 0.4) is 0 Å². The molecule has 0 aliphatic rings. The number of halogens is 1. The van der Waals surface area contributed by atoms with E-state index in [2.05, 4.69) is 43.3 Å². The number of fused-ring (bicyclic) bond motifs is 1. The zero-order chi connectivity index (χ0) is 25.4. The number of hydrogen-bond donors (Lipinski definition) is 1. The minimum atomic E-state index is -4.69. The minimum Gasteiger partial charge on any atom is -0.493 e. The van der Waals surface area contributed by atoms with Crippen LogP contribution in [-0.4, -0.2) is 25.4 Å². The van der Waals surface area contributed by atoms with Gasteiger partial charge in [0.2, 0.25) is 0 Å².